The van der Waals surface area contributed by atoms with E-state index in [1.807, 2.05) is 31.2 Å². The smallest absolute Gasteiger partial charge is 0.319 e. The predicted octanol–water partition coefficient (Wildman–Crippen LogP) is 3.67. The van der Waals surface area contributed by atoms with Crippen LogP contribution in [0.3, 0.4) is 0 Å². The van der Waals surface area contributed by atoms with Gasteiger partial charge in [-0.3, -0.25) is 4.90 Å². The molecule has 2 N–H and O–H groups in total. The summed E-state index contributed by atoms with van der Waals surface area (Å²) in [7, 11) is 0. The summed E-state index contributed by atoms with van der Waals surface area (Å²) < 4.78 is 5.70. The Morgan fingerprint density at radius 3 is 2.74 bits per heavy atom. The highest BCUT2D eigenvalue weighted by Crippen LogP contribution is 2.34. The lowest BCUT2D eigenvalue weighted by Crippen LogP contribution is -2.45. The van der Waals surface area contributed by atoms with Crippen LogP contribution in [0.25, 0.3) is 11.4 Å². The summed E-state index contributed by atoms with van der Waals surface area (Å²) in [6.07, 6.45) is 5.11. The maximum Gasteiger partial charge on any atom is 0.319 e. The Bertz CT molecular complexity index is 1010. The number of carbonyl (C=O) groups excluding carboxylic acids is 1. The zero-order chi connectivity index (χ0) is 23.5. The quantitative estimate of drug-likeness (QED) is 0.651. The molecule has 3 heterocycles. The Morgan fingerprint density at radius 1 is 1.18 bits per heavy atom. The molecule has 0 spiro atoms. The molecule has 2 fully saturated rings. The van der Waals surface area contributed by atoms with Gasteiger partial charge in [0.1, 0.15) is 5.82 Å². The second kappa shape index (κ2) is 10.3. The third-order valence-electron chi connectivity index (χ3n) is 7.05. The van der Waals surface area contributed by atoms with Crippen LogP contribution < -0.4 is 15.5 Å². The second-order valence-corrected chi connectivity index (χ2v) is 9.73. The minimum absolute atomic E-state index is 0.199. The fraction of sp³-hybridized carbons (Fsp3) is 0.577. The minimum atomic E-state index is -0.199. The van der Waals surface area contributed by atoms with Gasteiger partial charge in [-0.05, 0) is 63.4 Å². The van der Waals surface area contributed by atoms with Crippen LogP contribution in [0.2, 0.25) is 0 Å². The maximum atomic E-state index is 11.8. The van der Waals surface area contributed by atoms with E-state index in [9.17, 15) is 4.79 Å². The molecule has 182 valence electrons. The van der Waals surface area contributed by atoms with Crippen molar-refractivity contribution in [2.24, 2.45) is 5.92 Å². The fourth-order valence-electron chi connectivity index (χ4n) is 4.87. The number of benzene rings is 1. The molecule has 8 nitrogen and oxygen atoms in total. The number of carbonyl (C=O) groups is 1. The fourth-order valence-corrected chi connectivity index (χ4v) is 4.87. The normalized spacial score (nSPS) is 20.6. The SMILES string of the molecule is CCNC(=O)Nc1ccc(-c2nc3c(c(N4CCOC[C@@H]4C)n2)CCN(CCC2CC2)C3)cc1. The highest BCUT2D eigenvalue weighted by atomic mass is 16.5. The van der Waals surface area contributed by atoms with Gasteiger partial charge in [0.05, 0.1) is 24.9 Å². The molecule has 1 atom stereocenters. The van der Waals surface area contributed by atoms with Gasteiger partial charge in [-0.1, -0.05) is 12.8 Å². The molecule has 0 radical (unpaired) electrons. The third-order valence-corrected chi connectivity index (χ3v) is 7.05. The zero-order valence-electron chi connectivity index (χ0n) is 20.3. The first-order valence-electron chi connectivity index (χ1n) is 12.7. The Morgan fingerprint density at radius 2 is 2.00 bits per heavy atom. The van der Waals surface area contributed by atoms with Crippen molar-refractivity contribution in [3.05, 3.63) is 35.5 Å². The van der Waals surface area contributed by atoms with Crippen LogP contribution in [-0.2, 0) is 17.7 Å². The first-order valence-corrected chi connectivity index (χ1v) is 12.7. The van der Waals surface area contributed by atoms with Crippen molar-refractivity contribution in [1.29, 1.82) is 0 Å². The Hall–Kier alpha value is -2.71. The van der Waals surface area contributed by atoms with Crippen LogP contribution in [-0.4, -0.2) is 66.3 Å². The zero-order valence-corrected chi connectivity index (χ0v) is 20.3. The highest BCUT2D eigenvalue weighted by Gasteiger charge is 2.30. The van der Waals surface area contributed by atoms with Crippen molar-refractivity contribution in [3.8, 4) is 11.4 Å². The number of rotatable bonds is 7. The number of morpholine rings is 1. The molecule has 1 aromatic heterocycles. The number of ether oxygens (including phenoxy) is 1. The summed E-state index contributed by atoms with van der Waals surface area (Å²) >= 11 is 0. The van der Waals surface area contributed by atoms with Gasteiger partial charge in [-0.15, -0.1) is 0 Å². The number of urea groups is 1. The number of aromatic nitrogens is 2. The van der Waals surface area contributed by atoms with Crippen molar-refractivity contribution in [2.45, 2.75) is 52.1 Å². The lowest BCUT2D eigenvalue weighted by molar-refractivity contribution is 0.0983. The van der Waals surface area contributed by atoms with E-state index in [0.717, 1.165) is 80.3 Å². The molecule has 2 aromatic rings. The van der Waals surface area contributed by atoms with Gasteiger partial charge < -0.3 is 20.3 Å². The Kier molecular flexibility index (Phi) is 6.97. The number of amides is 2. The molecule has 0 bridgehead atoms. The summed E-state index contributed by atoms with van der Waals surface area (Å²) in [6.45, 7) is 10.1. The van der Waals surface area contributed by atoms with E-state index < -0.39 is 0 Å². The van der Waals surface area contributed by atoms with Crippen molar-refractivity contribution >= 4 is 17.5 Å². The molecule has 1 saturated heterocycles. The second-order valence-electron chi connectivity index (χ2n) is 9.73. The van der Waals surface area contributed by atoms with Gasteiger partial charge in [0.15, 0.2) is 5.82 Å². The Labute approximate surface area is 202 Å². The molecule has 1 aromatic carbocycles. The number of fused-ring (bicyclic) bond motifs is 1. The van der Waals surface area contributed by atoms with E-state index in [1.54, 1.807) is 0 Å². The average molecular weight is 465 g/mol. The van der Waals surface area contributed by atoms with Crippen LogP contribution >= 0.6 is 0 Å². The molecule has 0 unspecified atom stereocenters. The summed E-state index contributed by atoms with van der Waals surface area (Å²) in [5, 5.41) is 5.61. The van der Waals surface area contributed by atoms with E-state index >= 15 is 0 Å². The van der Waals surface area contributed by atoms with Gasteiger partial charge >= 0.3 is 6.03 Å². The lowest BCUT2D eigenvalue weighted by Gasteiger charge is -2.38. The standard InChI is InChI=1S/C26H36N6O2/c1-3-27-26(33)28-21-8-6-20(7-9-21)24-29-23-16-31(12-10-19-4-5-19)13-11-22(23)25(30-24)32-14-15-34-17-18(32)2/h6-9,18-19H,3-5,10-17H2,1-2H3,(H2,27,28,33)/t18-/m0/s1. The minimum Gasteiger partial charge on any atom is -0.377 e. The number of hydrogen-bond donors (Lipinski definition) is 2. The predicted molar refractivity (Wildman–Crippen MR) is 134 cm³/mol. The van der Waals surface area contributed by atoms with Crippen molar-refractivity contribution in [2.75, 3.05) is 49.6 Å². The van der Waals surface area contributed by atoms with Gasteiger partial charge in [0.25, 0.3) is 0 Å². The maximum absolute atomic E-state index is 11.8. The van der Waals surface area contributed by atoms with Gasteiger partial charge in [0.2, 0.25) is 0 Å². The highest BCUT2D eigenvalue weighted by molar-refractivity contribution is 5.89. The van der Waals surface area contributed by atoms with E-state index in [2.05, 4.69) is 27.4 Å². The van der Waals surface area contributed by atoms with Gasteiger partial charge in [0, 0.05) is 43.0 Å². The number of hydrogen-bond acceptors (Lipinski definition) is 6. The van der Waals surface area contributed by atoms with Gasteiger partial charge in [-0.25, -0.2) is 14.8 Å². The molecule has 8 heteroatoms. The van der Waals surface area contributed by atoms with E-state index in [1.165, 1.54) is 24.8 Å². The largest absolute Gasteiger partial charge is 0.377 e. The van der Waals surface area contributed by atoms with E-state index in [0.29, 0.717) is 6.54 Å². The molecule has 1 saturated carbocycles. The lowest BCUT2D eigenvalue weighted by atomic mass is 10.0. The van der Waals surface area contributed by atoms with E-state index in [-0.39, 0.29) is 12.1 Å². The van der Waals surface area contributed by atoms with Crippen LogP contribution in [0, 0.1) is 5.92 Å². The molecule has 34 heavy (non-hydrogen) atoms. The Balaban J connectivity index is 1.43. The van der Waals surface area contributed by atoms with Crippen LogP contribution in [0.5, 0.6) is 0 Å². The summed E-state index contributed by atoms with van der Waals surface area (Å²) in [6, 6.07) is 7.89. The molecule has 5 rings (SSSR count). The number of nitrogens with zero attached hydrogens (tertiary/aromatic N) is 4. The topological polar surface area (TPSA) is 82.6 Å². The summed E-state index contributed by atoms with van der Waals surface area (Å²) in [4.78, 5) is 27.0. The van der Waals surface area contributed by atoms with Crippen molar-refractivity contribution < 1.29 is 9.53 Å². The third kappa shape index (κ3) is 5.33. The molecular weight excluding hydrogens is 428 g/mol. The van der Waals surface area contributed by atoms with Crippen LogP contribution in [0.4, 0.5) is 16.3 Å². The first kappa shape index (κ1) is 23.1. The van der Waals surface area contributed by atoms with Gasteiger partial charge in [-0.2, -0.15) is 0 Å². The number of nitrogens with one attached hydrogen (secondary N) is 2. The van der Waals surface area contributed by atoms with Crippen LogP contribution in [0.15, 0.2) is 24.3 Å². The van der Waals surface area contributed by atoms with Crippen molar-refractivity contribution in [1.82, 2.24) is 20.2 Å². The number of anilines is 2. The molecule has 1 aliphatic carbocycles. The van der Waals surface area contributed by atoms with Crippen LogP contribution in [0.1, 0.15) is 44.4 Å². The van der Waals surface area contributed by atoms with E-state index in [4.69, 9.17) is 14.7 Å². The average Bonchev–Trinajstić information content (AvgIpc) is 3.67. The molecule has 2 amide bonds. The molecule has 3 aliphatic rings. The molecule has 2 aliphatic heterocycles. The summed E-state index contributed by atoms with van der Waals surface area (Å²) in [5.74, 6) is 2.77. The summed E-state index contributed by atoms with van der Waals surface area (Å²) in [5.41, 5.74) is 4.17. The monoisotopic (exact) mass is 464 g/mol. The van der Waals surface area contributed by atoms with Crippen molar-refractivity contribution in [3.63, 3.8) is 0 Å². The first-order chi connectivity index (χ1) is 16.6. The molecular formula is C26H36N6O2.